The highest BCUT2D eigenvalue weighted by Crippen LogP contribution is 2.24. The Bertz CT molecular complexity index is 611. The second-order valence-corrected chi connectivity index (χ2v) is 5.00. The molecule has 0 heterocycles. The maximum absolute atomic E-state index is 13.3. The van der Waals surface area contributed by atoms with Crippen molar-refractivity contribution in [1.29, 1.82) is 0 Å². The minimum Gasteiger partial charge on any atom is -0.479 e. The number of carboxylic acid groups (broad SMARTS) is 1. The van der Waals surface area contributed by atoms with Crippen LogP contribution in [0.1, 0.15) is 11.6 Å². The zero-order chi connectivity index (χ0) is 14.7. The Morgan fingerprint density at radius 1 is 1.10 bits per heavy atom. The molecule has 0 fully saturated rings. The number of aliphatic carboxylic acids is 1. The molecule has 0 aliphatic carbocycles. The van der Waals surface area contributed by atoms with Crippen LogP contribution >= 0.6 is 23.2 Å². The van der Waals surface area contributed by atoms with Gasteiger partial charge >= 0.3 is 5.97 Å². The second-order valence-electron chi connectivity index (χ2n) is 4.13. The molecule has 0 aliphatic heterocycles. The largest absolute Gasteiger partial charge is 0.479 e. The third-order valence-electron chi connectivity index (χ3n) is 2.62. The Morgan fingerprint density at radius 3 is 2.30 bits per heavy atom. The molecule has 3 nitrogen and oxygen atoms in total. The van der Waals surface area contributed by atoms with Crippen LogP contribution in [0.3, 0.4) is 0 Å². The molecule has 2 N–H and O–H groups in total. The van der Waals surface area contributed by atoms with E-state index < -0.39 is 17.8 Å². The number of halogens is 3. The summed E-state index contributed by atoms with van der Waals surface area (Å²) >= 11 is 11.5. The number of benzene rings is 2. The SMILES string of the molecule is O=C(O)C(Nc1ccc(Cl)cc1)c1cc(F)cc(Cl)c1. The minimum absolute atomic E-state index is 0.143. The zero-order valence-electron chi connectivity index (χ0n) is 10.1. The monoisotopic (exact) mass is 313 g/mol. The highest BCUT2D eigenvalue weighted by Gasteiger charge is 2.20. The van der Waals surface area contributed by atoms with Gasteiger partial charge in [-0.1, -0.05) is 23.2 Å². The van der Waals surface area contributed by atoms with Gasteiger partial charge in [-0.2, -0.15) is 0 Å². The quantitative estimate of drug-likeness (QED) is 0.881. The fourth-order valence-corrected chi connectivity index (χ4v) is 2.10. The molecule has 0 amide bonds. The first-order valence-corrected chi connectivity index (χ1v) is 6.42. The van der Waals surface area contributed by atoms with Crippen LogP contribution < -0.4 is 5.32 Å². The number of hydrogen-bond acceptors (Lipinski definition) is 2. The smallest absolute Gasteiger partial charge is 0.330 e. The van der Waals surface area contributed by atoms with Crippen LogP contribution in [0.2, 0.25) is 10.0 Å². The summed E-state index contributed by atoms with van der Waals surface area (Å²) in [6, 6.07) is 9.08. The van der Waals surface area contributed by atoms with Crippen molar-refractivity contribution >= 4 is 34.9 Å². The van der Waals surface area contributed by atoms with Crippen LogP contribution in [0.4, 0.5) is 10.1 Å². The Kier molecular flexibility index (Phi) is 4.47. The molecule has 0 saturated heterocycles. The van der Waals surface area contributed by atoms with Crippen LogP contribution in [0.25, 0.3) is 0 Å². The number of carboxylic acids is 1. The lowest BCUT2D eigenvalue weighted by atomic mass is 10.1. The van der Waals surface area contributed by atoms with Crippen molar-refractivity contribution in [1.82, 2.24) is 0 Å². The summed E-state index contributed by atoms with van der Waals surface area (Å²) < 4.78 is 13.3. The molecule has 0 saturated carbocycles. The highest BCUT2D eigenvalue weighted by atomic mass is 35.5. The van der Waals surface area contributed by atoms with Crippen molar-refractivity contribution in [3.8, 4) is 0 Å². The predicted molar refractivity (Wildman–Crippen MR) is 76.9 cm³/mol. The van der Waals surface area contributed by atoms with Crippen LogP contribution in [-0.2, 0) is 4.79 Å². The van der Waals surface area contributed by atoms with Gasteiger partial charge in [-0.3, -0.25) is 0 Å². The van der Waals surface area contributed by atoms with E-state index >= 15 is 0 Å². The van der Waals surface area contributed by atoms with Crippen LogP contribution in [-0.4, -0.2) is 11.1 Å². The molecule has 2 rings (SSSR count). The Hall–Kier alpha value is -1.78. The average Bonchev–Trinajstić information content (AvgIpc) is 2.36. The van der Waals surface area contributed by atoms with Crippen molar-refractivity contribution in [3.63, 3.8) is 0 Å². The number of hydrogen-bond donors (Lipinski definition) is 2. The average molecular weight is 314 g/mol. The fourth-order valence-electron chi connectivity index (χ4n) is 1.74. The maximum Gasteiger partial charge on any atom is 0.330 e. The summed E-state index contributed by atoms with van der Waals surface area (Å²) in [4.78, 5) is 11.3. The number of nitrogens with one attached hydrogen (secondary N) is 1. The lowest BCUT2D eigenvalue weighted by Gasteiger charge is -2.16. The molecular weight excluding hydrogens is 304 g/mol. The lowest BCUT2D eigenvalue weighted by Crippen LogP contribution is -2.20. The van der Waals surface area contributed by atoms with Crippen LogP contribution in [0.5, 0.6) is 0 Å². The lowest BCUT2D eigenvalue weighted by molar-refractivity contribution is -0.138. The van der Waals surface area contributed by atoms with Gasteiger partial charge in [0.15, 0.2) is 6.04 Å². The van der Waals surface area contributed by atoms with Crippen LogP contribution in [0.15, 0.2) is 42.5 Å². The van der Waals surface area contributed by atoms with Gasteiger partial charge in [0.25, 0.3) is 0 Å². The minimum atomic E-state index is -1.14. The molecule has 0 bridgehead atoms. The molecule has 0 spiro atoms. The molecule has 104 valence electrons. The van der Waals surface area contributed by atoms with Gasteiger partial charge in [0, 0.05) is 15.7 Å². The molecule has 6 heteroatoms. The standard InChI is InChI=1S/C14H10Cl2FNO2/c15-9-1-3-12(4-2-9)18-13(14(19)20)8-5-10(16)7-11(17)6-8/h1-7,13,18H,(H,19,20). The molecular formula is C14H10Cl2FNO2. The third kappa shape index (κ3) is 3.62. The topological polar surface area (TPSA) is 49.3 Å². The number of rotatable bonds is 4. The third-order valence-corrected chi connectivity index (χ3v) is 3.09. The van der Waals surface area contributed by atoms with E-state index in [1.165, 1.54) is 6.07 Å². The van der Waals surface area contributed by atoms with Crippen molar-refractivity contribution in [2.45, 2.75) is 6.04 Å². The van der Waals surface area contributed by atoms with E-state index in [-0.39, 0.29) is 10.6 Å². The summed E-state index contributed by atoms with van der Waals surface area (Å²) in [6.45, 7) is 0. The molecule has 2 aromatic carbocycles. The Morgan fingerprint density at radius 2 is 1.75 bits per heavy atom. The van der Waals surface area contributed by atoms with Crippen molar-refractivity contribution in [2.24, 2.45) is 0 Å². The van der Waals surface area contributed by atoms with E-state index in [0.29, 0.717) is 10.7 Å². The van der Waals surface area contributed by atoms with E-state index in [9.17, 15) is 14.3 Å². The molecule has 0 aromatic heterocycles. The maximum atomic E-state index is 13.3. The van der Waals surface area contributed by atoms with Crippen molar-refractivity contribution in [3.05, 3.63) is 63.9 Å². The van der Waals surface area contributed by atoms with Gasteiger partial charge in [0.2, 0.25) is 0 Å². The van der Waals surface area contributed by atoms with E-state index in [1.807, 2.05) is 0 Å². The summed E-state index contributed by atoms with van der Waals surface area (Å²) in [5, 5.41) is 12.7. The summed E-state index contributed by atoms with van der Waals surface area (Å²) in [6.07, 6.45) is 0. The first-order valence-electron chi connectivity index (χ1n) is 5.66. The summed E-state index contributed by atoms with van der Waals surface area (Å²) in [5.74, 6) is -1.72. The zero-order valence-corrected chi connectivity index (χ0v) is 11.6. The van der Waals surface area contributed by atoms with Gasteiger partial charge in [-0.05, 0) is 48.0 Å². The Labute approximate surface area is 124 Å². The first kappa shape index (κ1) is 14.6. The predicted octanol–water partition coefficient (Wildman–Crippen LogP) is 4.37. The van der Waals surface area contributed by atoms with Gasteiger partial charge in [-0.25, -0.2) is 9.18 Å². The normalized spacial score (nSPS) is 11.9. The highest BCUT2D eigenvalue weighted by molar-refractivity contribution is 6.31. The van der Waals surface area contributed by atoms with Gasteiger partial charge < -0.3 is 10.4 Å². The summed E-state index contributed by atoms with van der Waals surface area (Å²) in [5.41, 5.74) is 0.791. The molecule has 1 unspecified atom stereocenters. The van der Waals surface area contributed by atoms with E-state index in [1.54, 1.807) is 24.3 Å². The molecule has 2 aromatic rings. The fraction of sp³-hybridized carbons (Fsp3) is 0.0714. The summed E-state index contributed by atoms with van der Waals surface area (Å²) in [7, 11) is 0. The number of carbonyl (C=O) groups is 1. The first-order chi connectivity index (χ1) is 9.45. The van der Waals surface area contributed by atoms with Crippen molar-refractivity contribution in [2.75, 3.05) is 5.32 Å². The molecule has 20 heavy (non-hydrogen) atoms. The Balaban J connectivity index is 2.31. The van der Waals surface area contributed by atoms with E-state index in [4.69, 9.17) is 23.2 Å². The van der Waals surface area contributed by atoms with Gasteiger partial charge in [-0.15, -0.1) is 0 Å². The van der Waals surface area contributed by atoms with Crippen LogP contribution in [0, 0.1) is 5.82 Å². The second kappa shape index (κ2) is 6.11. The van der Waals surface area contributed by atoms with Crippen molar-refractivity contribution < 1.29 is 14.3 Å². The van der Waals surface area contributed by atoms with E-state index in [0.717, 1.165) is 12.1 Å². The molecule has 0 radical (unpaired) electrons. The number of anilines is 1. The van der Waals surface area contributed by atoms with Gasteiger partial charge in [0.1, 0.15) is 5.82 Å². The van der Waals surface area contributed by atoms with E-state index in [2.05, 4.69) is 5.32 Å². The van der Waals surface area contributed by atoms with Gasteiger partial charge in [0.05, 0.1) is 0 Å². The molecule has 1 atom stereocenters. The molecule has 0 aliphatic rings.